The van der Waals surface area contributed by atoms with Crippen LogP contribution >= 0.6 is 27.5 Å². The maximum Gasteiger partial charge on any atom is 0.146 e. The standard InChI is InChI=1S/C16H15BrClF/c1-9-7-10(2)14(11(3)8-9)15(17)12-5-4-6-13(18)16(12)19/h4-8,15H,1-3H3. The molecular weight excluding hydrogens is 327 g/mol. The fourth-order valence-electron chi connectivity index (χ4n) is 2.46. The van der Waals surface area contributed by atoms with Gasteiger partial charge >= 0.3 is 0 Å². The summed E-state index contributed by atoms with van der Waals surface area (Å²) in [4.78, 5) is -0.188. The van der Waals surface area contributed by atoms with Gasteiger partial charge in [0.25, 0.3) is 0 Å². The van der Waals surface area contributed by atoms with Gasteiger partial charge < -0.3 is 0 Å². The van der Waals surface area contributed by atoms with Crippen LogP contribution in [0.4, 0.5) is 4.39 Å². The van der Waals surface area contributed by atoms with Crippen LogP contribution < -0.4 is 0 Å². The molecule has 1 unspecified atom stereocenters. The molecule has 0 amide bonds. The van der Waals surface area contributed by atoms with Crippen molar-refractivity contribution < 1.29 is 4.39 Å². The summed E-state index contributed by atoms with van der Waals surface area (Å²) in [7, 11) is 0. The molecule has 0 radical (unpaired) electrons. The van der Waals surface area contributed by atoms with Crippen LogP contribution in [-0.2, 0) is 0 Å². The van der Waals surface area contributed by atoms with Gasteiger partial charge in [0, 0.05) is 5.56 Å². The first-order chi connectivity index (χ1) is 8.91. The topological polar surface area (TPSA) is 0 Å². The molecule has 1 atom stereocenters. The van der Waals surface area contributed by atoms with Gasteiger partial charge in [-0.15, -0.1) is 0 Å². The normalized spacial score (nSPS) is 12.5. The van der Waals surface area contributed by atoms with Crippen molar-refractivity contribution in [3.8, 4) is 0 Å². The van der Waals surface area contributed by atoms with Crippen LogP contribution in [0.2, 0.25) is 5.02 Å². The molecule has 0 fully saturated rings. The van der Waals surface area contributed by atoms with Gasteiger partial charge in [0.05, 0.1) is 9.85 Å². The second-order valence-corrected chi connectivity index (χ2v) is 6.14. The minimum atomic E-state index is -0.356. The number of benzene rings is 2. The average Bonchev–Trinajstić information content (AvgIpc) is 2.31. The molecule has 0 nitrogen and oxygen atoms in total. The van der Waals surface area contributed by atoms with Crippen molar-refractivity contribution in [1.29, 1.82) is 0 Å². The van der Waals surface area contributed by atoms with E-state index in [4.69, 9.17) is 11.6 Å². The maximum atomic E-state index is 14.1. The van der Waals surface area contributed by atoms with Gasteiger partial charge in [0.15, 0.2) is 0 Å². The van der Waals surface area contributed by atoms with E-state index in [0.717, 1.165) is 16.7 Å². The molecule has 2 rings (SSSR count). The zero-order valence-electron chi connectivity index (χ0n) is 11.1. The van der Waals surface area contributed by atoms with Gasteiger partial charge in [-0.3, -0.25) is 0 Å². The van der Waals surface area contributed by atoms with Crippen LogP contribution in [0.5, 0.6) is 0 Å². The molecule has 2 aromatic carbocycles. The molecule has 0 saturated heterocycles. The second kappa shape index (κ2) is 5.64. The number of alkyl halides is 1. The molecule has 0 aromatic heterocycles. The van der Waals surface area contributed by atoms with Crippen molar-refractivity contribution >= 4 is 27.5 Å². The van der Waals surface area contributed by atoms with Crippen molar-refractivity contribution in [2.45, 2.75) is 25.6 Å². The predicted octanol–water partition coefficient (Wildman–Crippen LogP) is 5.89. The highest BCUT2D eigenvalue weighted by Gasteiger charge is 2.20. The van der Waals surface area contributed by atoms with Crippen LogP contribution in [0, 0.1) is 26.6 Å². The van der Waals surface area contributed by atoms with E-state index in [1.807, 2.05) is 13.8 Å². The molecule has 0 aliphatic rings. The number of aryl methyl sites for hydroxylation is 3. The molecular formula is C16H15BrClF. The van der Waals surface area contributed by atoms with Crippen molar-refractivity contribution in [1.82, 2.24) is 0 Å². The third kappa shape index (κ3) is 2.85. The summed E-state index contributed by atoms with van der Waals surface area (Å²) >= 11 is 9.46. The highest BCUT2D eigenvalue weighted by Crippen LogP contribution is 2.38. The number of hydrogen-bond acceptors (Lipinski definition) is 0. The number of halogens is 3. The predicted molar refractivity (Wildman–Crippen MR) is 82.8 cm³/mol. The van der Waals surface area contributed by atoms with Crippen LogP contribution in [0.1, 0.15) is 32.6 Å². The SMILES string of the molecule is Cc1cc(C)c(C(Br)c2cccc(Cl)c2F)c(C)c1. The van der Waals surface area contributed by atoms with Crippen molar-refractivity contribution in [3.05, 3.63) is 69.0 Å². The smallest absolute Gasteiger partial charge is 0.146 e. The Bertz CT molecular complexity index is 599. The van der Waals surface area contributed by atoms with Gasteiger partial charge in [-0.05, 0) is 43.5 Å². The van der Waals surface area contributed by atoms with Crippen LogP contribution in [-0.4, -0.2) is 0 Å². The Morgan fingerprint density at radius 3 is 2.26 bits per heavy atom. The van der Waals surface area contributed by atoms with E-state index in [0.29, 0.717) is 5.56 Å². The fourth-order valence-corrected chi connectivity index (χ4v) is 3.72. The van der Waals surface area contributed by atoms with Crippen LogP contribution in [0.15, 0.2) is 30.3 Å². The number of rotatable bonds is 2. The Hall–Kier alpha value is -0.860. The Labute approximate surface area is 126 Å². The average molecular weight is 342 g/mol. The monoisotopic (exact) mass is 340 g/mol. The highest BCUT2D eigenvalue weighted by molar-refractivity contribution is 9.09. The third-order valence-electron chi connectivity index (χ3n) is 3.25. The largest absolute Gasteiger partial charge is 0.205 e. The Morgan fingerprint density at radius 1 is 1.11 bits per heavy atom. The summed E-state index contributed by atoms with van der Waals surface area (Å²) in [6.45, 7) is 6.16. The molecule has 3 heteroatoms. The molecule has 100 valence electrons. The van der Waals surface area contributed by atoms with Gasteiger partial charge in [-0.2, -0.15) is 0 Å². The van der Waals surface area contributed by atoms with Crippen LogP contribution in [0.25, 0.3) is 0 Å². The van der Waals surface area contributed by atoms with E-state index in [-0.39, 0.29) is 15.7 Å². The lowest BCUT2D eigenvalue weighted by molar-refractivity contribution is 0.614. The number of hydrogen-bond donors (Lipinski definition) is 0. The summed E-state index contributed by atoms with van der Waals surface area (Å²) < 4.78 is 14.1. The minimum Gasteiger partial charge on any atom is -0.205 e. The van der Waals surface area contributed by atoms with Gasteiger partial charge in [-0.25, -0.2) is 4.39 Å². The zero-order chi connectivity index (χ0) is 14.2. The molecule has 2 aromatic rings. The maximum absolute atomic E-state index is 14.1. The molecule has 0 saturated carbocycles. The molecule has 0 aliphatic heterocycles. The minimum absolute atomic E-state index is 0.157. The molecule has 19 heavy (non-hydrogen) atoms. The molecule has 0 bridgehead atoms. The van der Waals surface area contributed by atoms with E-state index in [9.17, 15) is 4.39 Å². The van der Waals surface area contributed by atoms with E-state index >= 15 is 0 Å². The van der Waals surface area contributed by atoms with E-state index in [1.54, 1.807) is 18.2 Å². The summed E-state index contributed by atoms with van der Waals surface area (Å²) in [5.74, 6) is -0.356. The first kappa shape index (κ1) is 14.5. The van der Waals surface area contributed by atoms with Gasteiger partial charge in [0.1, 0.15) is 5.82 Å². The lowest BCUT2D eigenvalue weighted by atomic mass is 9.94. The van der Waals surface area contributed by atoms with Gasteiger partial charge in [-0.1, -0.05) is 57.4 Å². The lowest BCUT2D eigenvalue weighted by Gasteiger charge is -2.18. The first-order valence-corrected chi connectivity index (χ1v) is 7.37. The summed E-state index contributed by atoms with van der Waals surface area (Å²) in [5.41, 5.74) is 5.19. The molecule has 0 spiro atoms. The van der Waals surface area contributed by atoms with E-state index < -0.39 is 0 Å². The van der Waals surface area contributed by atoms with Crippen molar-refractivity contribution in [2.75, 3.05) is 0 Å². The zero-order valence-corrected chi connectivity index (χ0v) is 13.4. The summed E-state index contributed by atoms with van der Waals surface area (Å²) in [6.07, 6.45) is 0. The molecule has 0 N–H and O–H groups in total. The van der Waals surface area contributed by atoms with Gasteiger partial charge in [0.2, 0.25) is 0 Å². The highest BCUT2D eigenvalue weighted by atomic mass is 79.9. The Balaban J connectivity index is 2.56. The Morgan fingerprint density at radius 2 is 1.68 bits per heavy atom. The fraction of sp³-hybridized carbons (Fsp3) is 0.250. The molecule has 0 heterocycles. The third-order valence-corrected chi connectivity index (χ3v) is 4.49. The summed E-state index contributed by atoms with van der Waals surface area (Å²) in [5, 5.41) is 0.157. The first-order valence-electron chi connectivity index (χ1n) is 6.07. The van der Waals surface area contributed by atoms with Crippen LogP contribution in [0.3, 0.4) is 0 Å². The van der Waals surface area contributed by atoms with E-state index in [1.165, 1.54) is 5.56 Å². The Kier molecular flexibility index (Phi) is 4.32. The second-order valence-electron chi connectivity index (χ2n) is 4.82. The lowest BCUT2D eigenvalue weighted by Crippen LogP contribution is -2.02. The quantitative estimate of drug-likeness (QED) is 0.598. The van der Waals surface area contributed by atoms with Crippen molar-refractivity contribution in [2.24, 2.45) is 0 Å². The van der Waals surface area contributed by atoms with E-state index in [2.05, 4.69) is 35.0 Å². The molecule has 0 aliphatic carbocycles. The summed E-state index contributed by atoms with van der Waals surface area (Å²) in [6, 6.07) is 9.32. The van der Waals surface area contributed by atoms with Crippen molar-refractivity contribution in [3.63, 3.8) is 0 Å².